The van der Waals surface area contributed by atoms with Gasteiger partial charge in [0.05, 0.1) is 4.90 Å². The first kappa shape index (κ1) is 20.3. The molecule has 2 fully saturated rings. The molecule has 0 radical (unpaired) electrons. The smallest absolute Gasteiger partial charge is 0.251 e. The van der Waals surface area contributed by atoms with Gasteiger partial charge < -0.3 is 10.6 Å². The summed E-state index contributed by atoms with van der Waals surface area (Å²) in [5.74, 6) is 0.277. The molecule has 1 amide bonds. The molecule has 1 heterocycles. The fourth-order valence-corrected chi connectivity index (χ4v) is 5.44. The molecule has 27 heavy (non-hydrogen) atoms. The van der Waals surface area contributed by atoms with Crippen molar-refractivity contribution in [2.45, 2.75) is 62.4 Å². The predicted molar refractivity (Wildman–Crippen MR) is 106 cm³/mol. The number of amides is 1. The lowest BCUT2D eigenvalue weighted by Gasteiger charge is -2.30. The lowest BCUT2D eigenvalue weighted by Crippen LogP contribution is -2.50. The molecule has 3 rings (SSSR count). The summed E-state index contributed by atoms with van der Waals surface area (Å²) in [6.45, 7) is 3.89. The molecule has 1 aromatic carbocycles. The van der Waals surface area contributed by atoms with Crippen molar-refractivity contribution in [3.63, 3.8) is 0 Å². The topological polar surface area (TPSA) is 78.5 Å². The van der Waals surface area contributed by atoms with Crippen LogP contribution in [0.3, 0.4) is 0 Å². The first-order valence-corrected chi connectivity index (χ1v) is 11.4. The Morgan fingerprint density at radius 3 is 2.41 bits per heavy atom. The van der Waals surface area contributed by atoms with Crippen molar-refractivity contribution in [2.24, 2.45) is 5.92 Å². The summed E-state index contributed by atoms with van der Waals surface area (Å²) in [6.07, 6.45) is 6.22. The molecule has 6 nitrogen and oxygen atoms in total. The van der Waals surface area contributed by atoms with Crippen LogP contribution in [-0.2, 0) is 10.0 Å². The summed E-state index contributed by atoms with van der Waals surface area (Å²) in [5.41, 5.74) is 0.493. The Bertz CT molecular complexity index is 742. The molecule has 0 bridgehead atoms. The van der Waals surface area contributed by atoms with Gasteiger partial charge in [0, 0.05) is 31.2 Å². The number of nitrogens with one attached hydrogen (secondary N) is 2. The van der Waals surface area contributed by atoms with E-state index >= 15 is 0 Å². The average molecular weight is 394 g/mol. The number of rotatable bonds is 5. The zero-order valence-corrected chi connectivity index (χ0v) is 17.1. The lowest BCUT2D eigenvalue weighted by atomic mass is 9.94. The van der Waals surface area contributed by atoms with Crippen LogP contribution in [0.15, 0.2) is 29.2 Å². The first-order chi connectivity index (χ1) is 12.9. The fourth-order valence-electron chi connectivity index (χ4n) is 4.02. The van der Waals surface area contributed by atoms with Crippen LogP contribution >= 0.6 is 0 Å². The second-order valence-electron chi connectivity index (χ2n) is 7.89. The van der Waals surface area contributed by atoms with E-state index in [1.54, 1.807) is 31.3 Å². The van der Waals surface area contributed by atoms with E-state index in [2.05, 4.69) is 17.6 Å². The summed E-state index contributed by atoms with van der Waals surface area (Å²) in [4.78, 5) is 12.8. The molecule has 1 aromatic rings. The minimum Gasteiger partial charge on any atom is -0.348 e. The van der Waals surface area contributed by atoms with E-state index in [1.165, 1.54) is 10.7 Å². The van der Waals surface area contributed by atoms with Gasteiger partial charge in [-0.3, -0.25) is 4.79 Å². The third-order valence-corrected chi connectivity index (χ3v) is 7.95. The van der Waals surface area contributed by atoms with Crippen molar-refractivity contribution in [1.82, 2.24) is 14.9 Å². The summed E-state index contributed by atoms with van der Waals surface area (Å²) in [6, 6.07) is 6.49. The van der Waals surface area contributed by atoms with Crippen LogP contribution in [0, 0.1) is 5.92 Å². The Morgan fingerprint density at radius 1 is 1.11 bits per heavy atom. The molecular formula is C20H31N3O3S. The standard InChI is InChI=1S/C20H31N3O3S/c1-15-12-13-21-14-19(15)22-20(24)16-8-10-18(11-9-16)27(25,26)23(2)17-6-4-3-5-7-17/h8-11,15,17,19,21H,3-7,12-14H2,1-2H3,(H,22,24). The highest BCUT2D eigenvalue weighted by molar-refractivity contribution is 7.89. The Kier molecular flexibility index (Phi) is 6.55. The summed E-state index contributed by atoms with van der Waals surface area (Å²) in [7, 11) is -1.86. The fraction of sp³-hybridized carbons (Fsp3) is 0.650. The van der Waals surface area contributed by atoms with Gasteiger partial charge in [0.1, 0.15) is 0 Å². The minimum absolute atomic E-state index is 0.0759. The number of benzene rings is 1. The van der Waals surface area contributed by atoms with Gasteiger partial charge in [0.25, 0.3) is 5.91 Å². The van der Waals surface area contributed by atoms with Gasteiger partial charge in [-0.15, -0.1) is 0 Å². The van der Waals surface area contributed by atoms with E-state index in [0.29, 0.717) is 11.5 Å². The van der Waals surface area contributed by atoms with Crippen LogP contribution in [-0.4, -0.2) is 50.9 Å². The number of sulfonamides is 1. The highest BCUT2D eigenvalue weighted by atomic mass is 32.2. The summed E-state index contributed by atoms with van der Waals surface area (Å²) < 4.78 is 27.3. The second kappa shape index (κ2) is 8.71. The summed E-state index contributed by atoms with van der Waals surface area (Å²) in [5, 5.41) is 6.35. The van der Waals surface area contributed by atoms with Crippen molar-refractivity contribution in [3.05, 3.63) is 29.8 Å². The van der Waals surface area contributed by atoms with Crippen molar-refractivity contribution >= 4 is 15.9 Å². The van der Waals surface area contributed by atoms with Crippen LogP contribution in [0.4, 0.5) is 0 Å². The van der Waals surface area contributed by atoms with Crippen LogP contribution < -0.4 is 10.6 Å². The third-order valence-electron chi connectivity index (χ3n) is 6.03. The van der Waals surface area contributed by atoms with Crippen molar-refractivity contribution in [3.8, 4) is 0 Å². The van der Waals surface area contributed by atoms with Crippen LogP contribution in [0.1, 0.15) is 55.8 Å². The van der Waals surface area contributed by atoms with Crippen LogP contribution in [0.25, 0.3) is 0 Å². The van der Waals surface area contributed by atoms with Gasteiger partial charge in [-0.2, -0.15) is 4.31 Å². The summed E-state index contributed by atoms with van der Waals surface area (Å²) >= 11 is 0. The molecule has 2 unspecified atom stereocenters. The van der Waals surface area contributed by atoms with Crippen molar-refractivity contribution < 1.29 is 13.2 Å². The number of carbonyl (C=O) groups is 1. The van der Waals surface area contributed by atoms with Gasteiger partial charge >= 0.3 is 0 Å². The van der Waals surface area contributed by atoms with E-state index in [-0.39, 0.29) is 22.9 Å². The Labute approximate surface area is 162 Å². The maximum Gasteiger partial charge on any atom is 0.251 e. The van der Waals surface area contributed by atoms with Gasteiger partial charge in [-0.25, -0.2) is 8.42 Å². The maximum atomic E-state index is 12.9. The third kappa shape index (κ3) is 4.70. The number of hydrogen-bond acceptors (Lipinski definition) is 4. The number of hydrogen-bond donors (Lipinski definition) is 2. The van der Waals surface area contributed by atoms with Gasteiger partial charge in [-0.1, -0.05) is 26.2 Å². The molecule has 0 aromatic heterocycles. The van der Waals surface area contributed by atoms with E-state index in [9.17, 15) is 13.2 Å². The average Bonchev–Trinajstić information content (AvgIpc) is 2.70. The molecule has 7 heteroatoms. The molecule has 2 N–H and O–H groups in total. The second-order valence-corrected chi connectivity index (χ2v) is 9.89. The normalized spacial score (nSPS) is 24.7. The van der Waals surface area contributed by atoms with Crippen LogP contribution in [0.5, 0.6) is 0 Å². The first-order valence-electron chi connectivity index (χ1n) is 9.99. The number of carbonyl (C=O) groups excluding carboxylic acids is 1. The number of nitrogens with zero attached hydrogens (tertiary/aromatic N) is 1. The van der Waals surface area contributed by atoms with Gasteiger partial charge in [0.15, 0.2) is 0 Å². The molecule has 1 saturated heterocycles. The van der Waals surface area contributed by atoms with Gasteiger partial charge in [0.2, 0.25) is 10.0 Å². The monoisotopic (exact) mass is 393 g/mol. The highest BCUT2D eigenvalue weighted by Gasteiger charge is 2.29. The zero-order chi connectivity index (χ0) is 19.4. The van der Waals surface area contributed by atoms with Gasteiger partial charge in [-0.05, 0) is 56.0 Å². The number of piperidine rings is 1. The van der Waals surface area contributed by atoms with Crippen molar-refractivity contribution in [1.29, 1.82) is 0 Å². The zero-order valence-electron chi connectivity index (χ0n) is 16.3. The molecule has 1 aliphatic heterocycles. The Hall–Kier alpha value is -1.44. The molecule has 0 spiro atoms. The lowest BCUT2D eigenvalue weighted by molar-refractivity contribution is 0.0915. The minimum atomic E-state index is -3.53. The largest absolute Gasteiger partial charge is 0.348 e. The Morgan fingerprint density at radius 2 is 1.78 bits per heavy atom. The SMILES string of the molecule is CC1CCNCC1NC(=O)c1ccc(S(=O)(=O)N(C)C2CCCCC2)cc1. The van der Waals surface area contributed by atoms with Crippen molar-refractivity contribution in [2.75, 3.05) is 20.1 Å². The molecule has 150 valence electrons. The van der Waals surface area contributed by atoms with E-state index in [0.717, 1.165) is 45.2 Å². The maximum absolute atomic E-state index is 12.9. The molecule has 2 aliphatic rings. The predicted octanol–water partition coefficient (Wildman–Crippen LogP) is 2.37. The molecule has 1 aliphatic carbocycles. The quantitative estimate of drug-likeness (QED) is 0.805. The Balaban J connectivity index is 1.67. The molecule has 1 saturated carbocycles. The highest BCUT2D eigenvalue weighted by Crippen LogP contribution is 2.26. The van der Waals surface area contributed by atoms with E-state index in [1.807, 2.05) is 0 Å². The van der Waals surface area contributed by atoms with E-state index in [4.69, 9.17) is 0 Å². The molecular weight excluding hydrogens is 362 g/mol. The van der Waals surface area contributed by atoms with Crippen LogP contribution in [0.2, 0.25) is 0 Å². The van der Waals surface area contributed by atoms with E-state index < -0.39 is 10.0 Å². The molecule has 2 atom stereocenters.